The van der Waals surface area contributed by atoms with E-state index in [2.05, 4.69) is 62.8 Å². The van der Waals surface area contributed by atoms with E-state index in [-0.39, 0.29) is 24.8 Å². The average Bonchev–Trinajstić information content (AvgIpc) is 3.39. The highest BCUT2D eigenvalue weighted by Gasteiger charge is 2.14. The van der Waals surface area contributed by atoms with E-state index in [1.54, 1.807) is 0 Å². The Labute approximate surface area is 225 Å². The molecule has 0 fully saturated rings. The zero-order chi connectivity index (χ0) is 23.5. The van der Waals surface area contributed by atoms with Crippen LogP contribution in [0.3, 0.4) is 0 Å². The minimum absolute atomic E-state index is 0. The van der Waals surface area contributed by atoms with Gasteiger partial charge in [0, 0.05) is 29.6 Å². The number of ether oxygens (including phenoxy) is 1. The lowest BCUT2D eigenvalue weighted by Crippen LogP contribution is -2.25. The highest BCUT2D eigenvalue weighted by atomic mass is 35.5. The Morgan fingerprint density at radius 3 is 2.51 bits per heavy atom. The van der Waals surface area contributed by atoms with Crippen LogP contribution in [0.2, 0.25) is 5.02 Å². The zero-order valence-corrected chi connectivity index (χ0v) is 23.2. The maximum atomic E-state index is 6.25. The summed E-state index contributed by atoms with van der Waals surface area (Å²) in [6.45, 7) is 10.2. The second-order valence-electron chi connectivity index (χ2n) is 9.35. The first-order valence-corrected chi connectivity index (χ1v) is 11.9. The first kappa shape index (κ1) is 29.1. The number of aromatic nitrogens is 2. The van der Waals surface area contributed by atoms with Gasteiger partial charge in [0.05, 0.1) is 17.6 Å². The van der Waals surface area contributed by atoms with Crippen LogP contribution < -0.4 is 4.74 Å². The van der Waals surface area contributed by atoms with Crippen LogP contribution in [0, 0.1) is 5.92 Å². The van der Waals surface area contributed by atoms with Crippen molar-refractivity contribution in [1.82, 2.24) is 14.9 Å². The van der Waals surface area contributed by atoms with Crippen LogP contribution >= 0.6 is 36.4 Å². The van der Waals surface area contributed by atoms with Crippen molar-refractivity contribution in [1.29, 1.82) is 0 Å². The Balaban J connectivity index is 0.00000216. The Hall–Kier alpha value is -2.18. The second kappa shape index (κ2) is 12.7. The summed E-state index contributed by atoms with van der Waals surface area (Å²) >= 11 is 6.25. The molecule has 0 bridgehead atoms. The minimum Gasteiger partial charge on any atom is -0.493 e. The predicted octanol–water partition coefficient (Wildman–Crippen LogP) is 7.79. The third-order valence-corrected chi connectivity index (χ3v) is 5.95. The number of hydrogen-bond donors (Lipinski definition) is 1. The van der Waals surface area contributed by atoms with E-state index in [1.165, 1.54) is 5.56 Å². The molecule has 0 unspecified atom stereocenters. The molecule has 35 heavy (non-hydrogen) atoms. The van der Waals surface area contributed by atoms with Crippen molar-refractivity contribution in [3.05, 3.63) is 70.4 Å². The summed E-state index contributed by atoms with van der Waals surface area (Å²) in [6, 6.07) is 16.5. The minimum atomic E-state index is 0. The number of halogens is 3. The zero-order valence-electron chi connectivity index (χ0n) is 20.8. The fraction of sp³-hybridized carbons (Fsp3) is 0.370. The highest BCUT2D eigenvalue weighted by molar-refractivity contribution is 6.30. The standard InChI is InChI=1S/C27H32ClN3O2.2ClH/c1-17(2)16-32-25-10-7-21(28)13-20(25)14-22-8-11-26(33-22)27-29-23-9-6-19(12-24(23)30-27)15-31(5)18(3)4;;/h6-13,17-18H,14-16H2,1-5H3,(H,29,30);2*1H. The lowest BCUT2D eigenvalue weighted by molar-refractivity contribution is 0.266. The molecule has 8 heteroatoms. The lowest BCUT2D eigenvalue weighted by atomic mass is 10.1. The van der Waals surface area contributed by atoms with Crippen LogP contribution in [-0.2, 0) is 13.0 Å². The largest absolute Gasteiger partial charge is 0.493 e. The van der Waals surface area contributed by atoms with E-state index >= 15 is 0 Å². The number of nitrogens with one attached hydrogen (secondary N) is 1. The van der Waals surface area contributed by atoms with E-state index in [1.807, 2.05) is 30.3 Å². The molecule has 0 aliphatic rings. The van der Waals surface area contributed by atoms with Gasteiger partial charge in [-0.1, -0.05) is 31.5 Å². The maximum Gasteiger partial charge on any atom is 0.174 e. The summed E-state index contributed by atoms with van der Waals surface area (Å²) in [5.74, 6) is 3.57. The molecule has 190 valence electrons. The van der Waals surface area contributed by atoms with Gasteiger partial charge < -0.3 is 14.1 Å². The third-order valence-electron chi connectivity index (χ3n) is 5.71. The van der Waals surface area contributed by atoms with Gasteiger partial charge in [-0.05, 0) is 74.8 Å². The molecular weight excluding hydrogens is 505 g/mol. The number of aromatic amines is 1. The molecular formula is C27H34Cl3N3O2. The monoisotopic (exact) mass is 537 g/mol. The molecule has 0 atom stereocenters. The van der Waals surface area contributed by atoms with Gasteiger partial charge in [-0.25, -0.2) is 4.98 Å². The van der Waals surface area contributed by atoms with Gasteiger partial charge in [-0.2, -0.15) is 0 Å². The van der Waals surface area contributed by atoms with E-state index in [9.17, 15) is 0 Å². The van der Waals surface area contributed by atoms with Crippen molar-refractivity contribution in [2.24, 2.45) is 5.92 Å². The number of benzene rings is 2. The molecule has 1 N–H and O–H groups in total. The molecule has 0 amide bonds. The van der Waals surface area contributed by atoms with Gasteiger partial charge >= 0.3 is 0 Å². The molecule has 0 aliphatic heterocycles. The average molecular weight is 539 g/mol. The predicted molar refractivity (Wildman–Crippen MR) is 149 cm³/mol. The van der Waals surface area contributed by atoms with E-state index in [4.69, 9.17) is 25.7 Å². The summed E-state index contributed by atoms with van der Waals surface area (Å²) < 4.78 is 12.1. The summed E-state index contributed by atoms with van der Waals surface area (Å²) in [7, 11) is 2.14. The summed E-state index contributed by atoms with van der Waals surface area (Å²) in [6.07, 6.45) is 0.597. The van der Waals surface area contributed by atoms with E-state index < -0.39 is 0 Å². The smallest absolute Gasteiger partial charge is 0.174 e. The van der Waals surface area contributed by atoms with Crippen molar-refractivity contribution in [2.45, 2.75) is 46.7 Å². The number of hydrogen-bond acceptors (Lipinski definition) is 4. The number of fused-ring (bicyclic) bond motifs is 1. The van der Waals surface area contributed by atoms with Crippen molar-refractivity contribution >= 4 is 47.4 Å². The molecule has 4 rings (SSSR count). The lowest BCUT2D eigenvalue weighted by Gasteiger charge is -2.20. The number of rotatable bonds is 9. The molecule has 5 nitrogen and oxygen atoms in total. The Bertz CT molecular complexity index is 1230. The van der Waals surface area contributed by atoms with Crippen molar-refractivity contribution in [2.75, 3.05) is 13.7 Å². The number of furan rings is 1. The molecule has 0 aliphatic carbocycles. The van der Waals surface area contributed by atoms with Gasteiger partial charge in [0.15, 0.2) is 11.6 Å². The van der Waals surface area contributed by atoms with E-state index in [0.717, 1.165) is 40.5 Å². The van der Waals surface area contributed by atoms with Crippen LogP contribution in [0.15, 0.2) is 52.9 Å². The summed E-state index contributed by atoms with van der Waals surface area (Å²) in [5, 5.41) is 0.685. The first-order valence-electron chi connectivity index (χ1n) is 11.5. The van der Waals surface area contributed by atoms with Crippen molar-refractivity contribution in [3.8, 4) is 17.3 Å². The number of nitrogens with zero attached hydrogens (tertiary/aromatic N) is 2. The van der Waals surface area contributed by atoms with Crippen molar-refractivity contribution < 1.29 is 9.15 Å². The van der Waals surface area contributed by atoms with Gasteiger partial charge in [0.1, 0.15) is 11.5 Å². The second-order valence-corrected chi connectivity index (χ2v) is 9.78. The Morgan fingerprint density at radius 1 is 1.03 bits per heavy atom. The molecule has 0 radical (unpaired) electrons. The molecule has 4 aromatic rings. The Kier molecular flexibility index (Phi) is 10.5. The van der Waals surface area contributed by atoms with Crippen LogP contribution in [0.4, 0.5) is 0 Å². The highest BCUT2D eigenvalue weighted by Crippen LogP contribution is 2.29. The fourth-order valence-electron chi connectivity index (χ4n) is 3.61. The van der Waals surface area contributed by atoms with Gasteiger partial charge in [-0.15, -0.1) is 24.8 Å². The molecule has 0 saturated carbocycles. The molecule has 0 saturated heterocycles. The van der Waals surface area contributed by atoms with Crippen LogP contribution in [-0.4, -0.2) is 34.6 Å². The van der Waals surface area contributed by atoms with Crippen molar-refractivity contribution in [3.63, 3.8) is 0 Å². The van der Waals surface area contributed by atoms with Gasteiger partial charge in [-0.3, -0.25) is 4.90 Å². The number of imidazole rings is 1. The van der Waals surface area contributed by atoms with Gasteiger partial charge in [0.25, 0.3) is 0 Å². The molecule has 2 aromatic heterocycles. The fourth-order valence-corrected chi connectivity index (χ4v) is 3.81. The quantitative estimate of drug-likeness (QED) is 0.236. The van der Waals surface area contributed by atoms with E-state index in [0.29, 0.717) is 35.8 Å². The topological polar surface area (TPSA) is 54.3 Å². The summed E-state index contributed by atoms with van der Waals surface area (Å²) in [5.41, 5.74) is 4.20. The normalized spacial score (nSPS) is 11.2. The molecule has 0 spiro atoms. The molecule has 2 aromatic carbocycles. The van der Waals surface area contributed by atoms with Crippen LogP contribution in [0.1, 0.15) is 44.6 Å². The molecule has 2 heterocycles. The first-order chi connectivity index (χ1) is 15.8. The van der Waals surface area contributed by atoms with Crippen LogP contribution in [0.5, 0.6) is 5.75 Å². The SMILES string of the molecule is CC(C)COc1ccc(Cl)cc1Cc1ccc(-c2nc3ccc(CN(C)C(C)C)cc3[nH]2)o1.Cl.Cl. The maximum absolute atomic E-state index is 6.25. The van der Waals surface area contributed by atoms with Gasteiger partial charge in [0.2, 0.25) is 0 Å². The summed E-state index contributed by atoms with van der Waals surface area (Å²) in [4.78, 5) is 10.5. The van der Waals surface area contributed by atoms with Crippen LogP contribution in [0.25, 0.3) is 22.6 Å². The Morgan fingerprint density at radius 2 is 1.80 bits per heavy atom. The third kappa shape index (κ3) is 7.40. The number of H-pyrrole nitrogens is 1.